The smallest absolute Gasteiger partial charge is 0.401 e. The van der Waals surface area contributed by atoms with Gasteiger partial charge in [-0.15, -0.1) is 0 Å². The van der Waals surface area contributed by atoms with Gasteiger partial charge in [0.2, 0.25) is 0 Å². The second kappa shape index (κ2) is 13.7. The summed E-state index contributed by atoms with van der Waals surface area (Å²) in [6, 6.07) is 5.52. The van der Waals surface area contributed by atoms with E-state index in [1.165, 1.54) is 30.3 Å². The molecule has 1 N–H and O–H groups in total. The van der Waals surface area contributed by atoms with Crippen LogP contribution < -0.4 is 4.90 Å². The number of phenols is 1. The highest BCUT2D eigenvalue weighted by molar-refractivity contribution is 5.53. The van der Waals surface area contributed by atoms with Crippen molar-refractivity contribution < 1.29 is 31.9 Å². The van der Waals surface area contributed by atoms with E-state index in [0.29, 0.717) is 36.4 Å². The van der Waals surface area contributed by atoms with E-state index in [2.05, 4.69) is 4.90 Å². The van der Waals surface area contributed by atoms with Crippen molar-refractivity contribution >= 4 is 12.0 Å². The van der Waals surface area contributed by atoms with E-state index in [9.17, 15) is 23.1 Å². The maximum absolute atomic E-state index is 15.7. The second-order valence-electron chi connectivity index (χ2n) is 11.6. The third kappa shape index (κ3) is 7.43. The van der Waals surface area contributed by atoms with Crippen LogP contribution >= 0.6 is 0 Å². The van der Waals surface area contributed by atoms with E-state index in [0.717, 1.165) is 62.8 Å². The molecule has 5 rings (SSSR count). The number of piperidine rings is 1. The molecule has 2 aromatic carbocycles. The summed E-state index contributed by atoms with van der Waals surface area (Å²) < 4.78 is 71.8. The maximum atomic E-state index is 15.7. The molecule has 232 valence electrons. The van der Waals surface area contributed by atoms with Crippen LogP contribution in [0.5, 0.6) is 5.75 Å². The van der Waals surface area contributed by atoms with Crippen molar-refractivity contribution in [3.8, 4) is 5.75 Å². The van der Waals surface area contributed by atoms with E-state index in [4.69, 9.17) is 0 Å². The first-order chi connectivity index (χ1) is 20.1. The largest absolute Gasteiger partial charge is 0.508 e. The monoisotopic (exact) mass is 595 g/mol. The molecule has 0 amide bonds. The summed E-state index contributed by atoms with van der Waals surface area (Å²) in [5, 5.41) is 9.88. The summed E-state index contributed by atoms with van der Waals surface area (Å²) in [6.07, 6.45) is 2.62. The molecule has 0 aliphatic carbocycles. The van der Waals surface area contributed by atoms with E-state index in [1.54, 1.807) is 0 Å². The number of aromatic hydroxyl groups is 1. The second-order valence-corrected chi connectivity index (χ2v) is 11.6. The van der Waals surface area contributed by atoms with Crippen molar-refractivity contribution in [1.82, 2.24) is 9.80 Å². The van der Waals surface area contributed by atoms with Gasteiger partial charge < -0.3 is 14.8 Å². The zero-order valence-corrected chi connectivity index (χ0v) is 24.5. The van der Waals surface area contributed by atoms with Gasteiger partial charge in [-0.3, -0.25) is 9.80 Å². The molecule has 3 heterocycles. The minimum Gasteiger partial charge on any atom is -0.508 e. The Labute approximate surface area is 245 Å². The van der Waals surface area contributed by atoms with Crippen molar-refractivity contribution in [3.05, 3.63) is 58.7 Å². The van der Waals surface area contributed by atoms with Crippen LogP contribution in [0, 0.1) is 17.0 Å². The Kier molecular flexibility index (Phi) is 10.5. The Bertz CT molecular complexity index is 1180. The minimum atomic E-state index is -4.53. The summed E-state index contributed by atoms with van der Waals surface area (Å²) in [5.74, 6) is -1.77. The van der Waals surface area contributed by atoms with Crippen LogP contribution in [0.15, 0.2) is 30.3 Å². The van der Waals surface area contributed by atoms with Gasteiger partial charge in [0.1, 0.15) is 23.7 Å². The molecule has 0 bridgehead atoms. The Balaban J connectivity index is 0.00000198. The molecule has 1 atom stereocenters. The lowest BCUT2D eigenvalue weighted by molar-refractivity contribution is -0.150. The lowest BCUT2D eigenvalue weighted by Crippen LogP contribution is -2.43. The third-order valence-corrected chi connectivity index (χ3v) is 9.06. The number of alkyl halides is 3. The lowest BCUT2D eigenvalue weighted by Gasteiger charge is -2.45. The molecule has 0 aromatic heterocycles. The minimum absolute atomic E-state index is 0.0384. The fourth-order valence-electron chi connectivity index (χ4n) is 7.04. The summed E-state index contributed by atoms with van der Waals surface area (Å²) in [4.78, 5) is 16.1. The standard InChI is InChI=1S/C30H36F5N3O2.C2H6/c31-25-18-22(37-13-8-29(9-14-37)6-1-10-36(15-16-39)11-2-7-29)19-26(32)27(25)28-24-4-3-23(40)17-21(24)5-12-38(28)20-30(33,34)35;1-2/h3-4,16-19,28,40H,1-2,5-15,20H2;1-2H3. The molecule has 1 unspecified atom stereocenters. The van der Waals surface area contributed by atoms with E-state index in [1.807, 2.05) is 18.7 Å². The number of rotatable bonds is 5. The molecule has 3 aliphatic rings. The number of phenolic OH excluding ortho intramolecular Hbond substituents is 1. The number of benzene rings is 2. The number of aldehydes is 1. The summed E-state index contributed by atoms with van der Waals surface area (Å²) in [7, 11) is 0. The number of nitrogens with zero attached hydrogens (tertiary/aromatic N) is 3. The van der Waals surface area contributed by atoms with Gasteiger partial charge in [0, 0.05) is 30.9 Å². The van der Waals surface area contributed by atoms with Gasteiger partial charge in [0.25, 0.3) is 0 Å². The van der Waals surface area contributed by atoms with Crippen molar-refractivity contribution in [2.24, 2.45) is 5.41 Å². The summed E-state index contributed by atoms with van der Waals surface area (Å²) >= 11 is 0. The van der Waals surface area contributed by atoms with Crippen molar-refractivity contribution in [2.45, 2.75) is 71.0 Å². The fraction of sp³-hybridized carbons (Fsp3) is 0.594. The van der Waals surface area contributed by atoms with E-state index >= 15 is 8.78 Å². The molecule has 0 radical (unpaired) electrons. The van der Waals surface area contributed by atoms with Gasteiger partial charge in [0.15, 0.2) is 0 Å². The molecule has 5 nitrogen and oxygen atoms in total. The molecule has 1 spiro atoms. The zero-order chi connectivity index (χ0) is 30.5. The SMILES string of the molecule is CC.O=CCN1CCCC2(CCC1)CCN(c1cc(F)c(C3c4ccc(O)cc4CCN3CC(F)(F)F)c(F)c1)CC2. The number of carbonyl (C=O) groups is 1. The average Bonchev–Trinajstić information content (AvgIpc) is 2.93. The van der Waals surface area contributed by atoms with Gasteiger partial charge in [-0.25, -0.2) is 8.78 Å². The molecule has 0 saturated carbocycles. The van der Waals surface area contributed by atoms with Crippen LogP contribution in [0.25, 0.3) is 0 Å². The molecule has 3 aliphatic heterocycles. The predicted octanol–water partition coefficient (Wildman–Crippen LogP) is 6.87. The zero-order valence-electron chi connectivity index (χ0n) is 24.5. The van der Waals surface area contributed by atoms with Crippen LogP contribution in [0.4, 0.5) is 27.6 Å². The Morgan fingerprint density at radius 3 is 2.12 bits per heavy atom. The van der Waals surface area contributed by atoms with Crippen molar-refractivity contribution in [3.63, 3.8) is 0 Å². The average molecular weight is 596 g/mol. The van der Waals surface area contributed by atoms with Crippen molar-refractivity contribution in [2.75, 3.05) is 50.7 Å². The predicted molar refractivity (Wildman–Crippen MR) is 154 cm³/mol. The topological polar surface area (TPSA) is 47.0 Å². The molecular weight excluding hydrogens is 553 g/mol. The van der Waals surface area contributed by atoms with Gasteiger partial charge in [0.05, 0.1) is 19.1 Å². The maximum Gasteiger partial charge on any atom is 0.401 e. The number of hydrogen-bond acceptors (Lipinski definition) is 5. The summed E-state index contributed by atoms with van der Waals surface area (Å²) in [6.45, 7) is 6.25. The molecule has 2 saturated heterocycles. The Morgan fingerprint density at radius 2 is 1.55 bits per heavy atom. The number of hydrogen-bond donors (Lipinski definition) is 1. The molecule has 2 aromatic rings. The van der Waals surface area contributed by atoms with Gasteiger partial charge in [-0.1, -0.05) is 19.9 Å². The molecule has 42 heavy (non-hydrogen) atoms. The van der Waals surface area contributed by atoms with Crippen LogP contribution in [0.2, 0.25) is 0 Å². The van der Waals surface area contributed by atoms with Gasteiger partial charge in [-0.05, 0) is 98.8 Å². The first-order valence-corrected chi connectivity index (χ1v) is 15.1. The number of carbonyl (C=O) groups excluding carboxylic acids is 1. The molecular formula is C32H42F5N3O2. The lowest BCUT2D eigenvalue weighted by atomic mass is 9.71. The van der Waals surface area contributed by atoms with Gasteiger partial charge >= 0.3 is 6.18 Å². The van der Waals surface area contributed by atoms with E-state index < -0.39 is 36.0 Å². The molecule has 10 heteroatoms. The number of fused-ring (bicyclic) bond motifs is 1. The Morgan fingerprint density at radius 1 is 0.929 bits per heavy atom. The number of halogens is 5. The highest BCUT2D eigenvalue weighted by atomic mass is 19.4. The van der Waals surface area contributed by atoms with Crippen LogP contribution in [-0.4, -0.2) is 73.2 Å². The first-order valence-electron chi connectivity index (χ1n) is 15.1. The summed E-state index contributed by atoms with van der Waals surface area (Å²) in [5.41, 5.74) is 1.15. The third-order valence-electron chi connectivity index (χ3n) is 9.06. The quantitative estimate of drug-likeness (QED) is 0.302. The van der Waals surface area contributed by atoms with E-state index in [-0.39, 0.29) is 24.1 Å². The Hall–Kier alpha value is -2.72. The van der Waals surface area contributed by atoms with Crippen LogP contribution in [0.1, 0.15) is 75.1 Å². The number of likely N-dealkylation sites (tertiary alicyclic amines) is 1. The highest BCUT2D eigenvalue weighted by Crippen LogP contribution is 2.44. The number of anilines is 1. The van der Waals surface area contributed by atoms with Crippen molar-refractivity contribution in [1.29, 1.82) is 0 Å². The normalized spacial score (nSPS) is 21.6. The van der Waals surface area contributed by atoms with Gasteiger partial charge in [-0.2, -0.15) is 13.2 Å². The molecule has 2 fully saturated rings. The first kappa shape index (κ1) is 32.2. The fourth-order valence-corrected chi connectivity index (χ4v) is 7.04. The highest BCUT2D eigenvalue weighted by Gasteiger charge is 2.40. The van der Waals surface area contributed by atoms with Crippen LogP contribution in [0.3, 0.4) is 0 Å². The van der Waals surface area contributed by atoms with Crippen LogP contribution in [-0.2, 0) is 11.2 Å².